The molecule has 1 N–H and O–H groups in total. The van der Waals surface area contributed by atoms with Crippen molar-refractivity contribution in [2.75, 3.05) is 7.11 Å². The molecule has 1 heterocycles. The number of H-pyrrole nitrogens is 1. The van der Waals surface area contributed by atoms with Gasteiger partial charge in [-0.1, -0.05) is 17.7 Å². The van der Waals surface area contributed by atoms with Crippen molar-refractivity contribution in [2.45, 2.75) is 6.92 Å². The zero-order valence-electron chi connectivity index (χ0n) is 11.6. The maximum Gasteiger partial charge on any atom is 0.340 e. The fourth-order valence-corrected chi connectivity index (χ4v) is 2.55. The van der Waals surface area contributed by atoms with E-state index in [1.54, 1.807) is 12.1 Å². The lowest BCUT2D eigenvalue weighted by Crippen LogP contribution is -2.01. The summed E-state index contributed by atoms with van der Waals surface area (Å²) in [4.78, 5) is 19.6. The Morgan fingerprint density at radius 1 is 1.29 bits per heavy atom. The summed E-state index contributed by atoms with van der Waals surface area (Å²) in [5.74, 6) is 0.307. The number of rotatable bonds is 2. The van der Waals surface area contributed by atoms with Crippen LogP contribution in [0, 0.1) is 6.92 Å². The number of ether oxygens (including phenoxy) is 1. The van der Waals surface area contributed by atoms with Crippen LogP contribution < -0.4 is 0 Å². The fourth-order valence-electron chi connectivity index (χ4n) is 2.33. The summed E-state index contributed by atoms with van der Waals surface area (Å²) in [6.45, 7) is 1.97. The fraction of sp³-hybridized carbons (Fsp3) is 0.125. The lowest BCUT2D eigenvalue weighted by Gasteiger charge is -2.02. The van der Waals surface area contributed by atoms with Crippen molar-refractivity contribution in [1.29, 1.82) is 0 Å². The van der Waals surface area contributed by atoms with Gasteiger partial charge in [0.2, 0.25) is 0 Å². The third kappa shape index (κ3) is 2.38. The van der Waals surface area contributed by atoms with Crippen molar-refractivity contribution >= 4 is 28.6 Å². The van der Waals surface area contributed by atoms with Crippen LogP contribution in [0.2, 0.25) is 5.02 Å². The van der Waals surface area contributed by atoms with E-state index in [9.17, 15) is 4.79 Å². The first-order valence-corrected chi connectivity index (χ1v) is 6.81. The summed E-state index contributed by atoms with van der Waals surface area (Å²) in [6, 6.07) is 11.0. The molecule has 0 fully saturated rings. The van der Waals surface area contributed by atoms with Gasteiger partial charge < -0.3 is 9.72 Å². The van der Waals surface area contributed by atoms with E-state index in [1.807, 2.05) is 31.2 Å². The largest absolute Gasteiger partial charge is 0.465 e. The van der Waals surface area contributed by atoms with E-state index in [1.165, 1.54) is 7.11 Å². The second-order valence-electron chi connectivity index (χ2n) is 4.74. The topological polar surface area (TPSA) is 55.0 Å². The minimum atomic E-state index is -0.397. The third-order valence-electron chi connectivity index (χ3n) is 3.36. The van der Waals surface area contributed by atoms with Gasteiger partial charge in [0.05, 0.1) is 18.2 Å². The number of aromatic nitrogens is 2. The minimum Gasteiger partial charge on any atom is -0.465 e. The molecule has 3 aromatic rings. The summed E-state index contributed by atoms with van der Waals surface area (Å²) < 4.78 is 4.79. The highest BCUT2D eigenvalue weighted by Crippen LogP contribution is 2.27. The number of esters is 1. The molecule has 0 aliphatic heterocycles. The predicted octanol–water partition coefficient (Wildman–Crippen LogP) is 3.98. The average Bonchev–Trinajstić information content (AvgIpc) is 2.89. The first kappa shape index (κ1) is 13.6. The number of hydrogen-bond donors (Lipinski definition) is 1. The van der Waals surface area contributed by atoms with Crippen LogP contribution >= 0.6 is 11.6 Å². The first-order chi connectivity index (χ1) is 10.1. The Kier molecular flexibility index (Phi) is 3.39. The predicted molar refractivity (Wildman–Crippen MR) is 82.6 cm³/mol. The molecule has 0 radical (unpaired) electrons. The standard InChI is InChI=1S/C16H13ClN2O2/c1-9-8-10(17)6-7-11(9)15-18-13-5-3-4-12(14(13)19-15)16(20)21-2/h3-8H,1-2H3,(H,18,19). The van der Waals surface area contributed by atoms with Crippen LogP contribution in [-0.4, -0.2) is 23.0 Å². The summed E-state index contributed by atoms with van der Waals surface area (Å²) in [7, 11) is 1.36. The van der Waals surface area contributed by atoms with Gasteiger partial charge in [-0.3, -0.25) is 0 Å². The number of imidazole rings is 1. The molecule has 0 unspecified atom stereocenters. The summed E-state index contributed by atoms with van der Waals surface area (Å²) in [5.41, 5.74) is 3.81. The van der Waals surface area contributed by atoms with E-state index in [4.69, 9.17) is 16.3 Å². The van der Waals surface area contributed by atoms with Gasteiger partial charge in [-0.25, -0.2) is 9.78 Å². The third-order valence-corrected chi connectivity index (χ3v) is 3.60. The zero-order valence-corrected chi connectivity index (χ0v) is 12.4. The van der Waals surface area contributed by atoms with Crippen molar-refractivity contribution in [2.24, 2.45) is 0 Å². The molecule has 0 saturated carbocycles. The van der Waals surface area contributed by atoms with E-state index in [0.717, 1.165) is 16.6 Å². The molecular formula is C16H13ClN2O2. The Hall–Kier alpha value is -2.33. The Labute approximate surface area is 126 Å². The van der Waals surface area contributed by atoms with Crippen LogP contribution in [0.4, 0.5) is 0 Å². The number of nitrogens with zero attached hydrogens (tertiary/aromatic N) is 1. The molecule has 2 aromatic carbocycles. The number of nitrogens with one attached hydrogen (secondary N) is 1. The molecule has 0 atom stereocenters. The average molecular weight is 301 g/mol. The van der Waals surface area contributed by atoms with Crippen molar-refractivity contribution in [3.63, 3.8) is 0 Å². The van der Waals surface area contributed by atoms with Gasteiger partial charge in [-0.15, -0.1) is 0 Å². The van der Waals surface area contributed by atoms with E-state index in [-0.39, 0.29) is 0 Å². The molecular weight excluding hydrogens is 288 g/mol. The molecule has 106 valence electrons. The molecule has 5 heteroatoms. The second kappa shape index (κ2) is 5.22. The maximum absolute atomic E-state index is 11.8. The highest BCUT2D eigenvalue weighted by Gasteiger charge is 2.15. The van der Waals surface area contributed by atoms with Crippen molar-refractivity contribution < 1.29 is 9.53 Å². The van der Waals surface area contributed by atoms with E-state index >= 15 is 0 Å². The second-order valence-corrected chi connectivity index (χ2v) is 5.17. The Balaban J connectivity index is 2.19. The van der Waals surface area contributed by atoms with E-state index < -0.39 is 5.97 Å². The van der Waals surface area contributed by atoms with Gasteiger partial charge in [0.1, 0.15) is 11.3 Å². The Bertz CT molecular complexity index is 839. The Morgan fingerprint density at radius 3 is 2.81 bits per heavy atom. The summed E-state index contributed by atoms with van der Waals surface area (Å²) in [6.07, 6.45) is 0. The molecule has 1 aromatic heterocycles. The van der Waals surface area contributed by atoms with Gasteiger partial charge in [0.25, 0.3) is 0 Å². The molecule has 0 saturated heterocycles. The monoisotopic (exact) mass is 300 g/mol. The van der Waals surface area contributed by atoms with Crippen LogP contribution in [0.25, 0.3) is 22.4 Å². The first-order valence-electron chi connectivity index (χ1n) is 6.43. The molecule has 0 amide bonds. The molecule has 0 bridgehead atoms. The number of aryl methyl sites for hydroxylation is 1. The van der Waals surface area contributed by atoms with E-state index in [0.29, 0.717) is 21.9 Å². The number of aromatic amines is 1. The number of carbonyl (C=O) groups excluding carboxylic acids is 1. The van der Waals surface area contributed by atoms with Gasteiger partial charge in [0.15, 0.2) is 0 Å². The lowest BCUT2D eigenvalue weighted by atomic mass is 10.1. The number of benzene rings is 2. The summed E-state index contributed by atoms with van der Waals surface area (Å²) in [5, 5.41) is 0.683. The number of halogens is 1. The number of methoxy groups -OCH3 is 1. The van der Waals surface area contributed by atoms with E-state index in [2.05, 4.69) is 9.97 Å². The molecule has 0 aliphatic carbocycles. The van der Waals surface area contributed by atoms with Crippen LogP contribution in [0.3, 0.4) is 0 Å². The molecule has 3 rings (SSSR count). The molecule has 21 heavy (non-hydrogen) atoms. The number of carbonyl (C=O) groups is 1. The molecule has 4 nitrogen and oxygen atoms in total. The van der Waals surface area contributed by atoms with Crippen molar-refractivity contribution in [1.82, 2.24) is 9.97 Å². The normalized spacial score (nSPS) is 10.8. The zero-order chi connectivity index (χ0) is 15.0. The summed E-state index contributed by atoms with van der Waals surface area (Å²) >= 11 is 5.98. The SMILES string of the molecule is COC(=O)c1cccc2[nH]c(-c3ccc(Cl)cc3C)nc12. The number of hydrogen-bond acceptors (Lipinski definition) is 3. The van der Waals surface area contributed by atoms with Crippen LogP contribution in [0.15, 0.2) is 36.4 Å². The van der Waals surface area contributed by atoms with Gasteiger partial charge in [-0.05, 0) is 42.8 Å². The number of fused-ring (bicyclic) bond motifs is 1. The quantitative estimate of drug-likeness (QED) is 0.728. The molecule has 0 spiro atoms. The minimum absolute atomic E-state index is 0.397. The maximum atomic E-state index is 11.8. The molecule has 0 aliphatic rings. The highest BCUT2D eigenvalue weighted by molar-refractivity contribution is 6.30. The van der Waals surface area contributed by atoms with Crippen molar-refractivity contribution in [3.8, 4) is 11.4 Å². The van der Waals surface area contributed by atoms with Crippen molar-refractivity contribution in [3.05, 3.63) is 52.5 Å². The van der Waals surface area contributed by atoms with Crippen LogP contribution in [-0.2, 0) is 4.74 Å². The highest BCUT2D eigenvalue weighted by atomic mass is 35.5. The Morgan fingerprint density at radius 2 is 2.10 bits per heavy atom. The van der Waals surface area contributed by atoms with Crippen LogP contribution in [0.5, 0.6) is 0 Å². The van der Waals surface area contributed by atoms with Gasteiger partial charge in [-0.2, -0.15) is 0 Å². The number of para-hydroxylation sites is 1. The van der Waals surface area contributed by atoms with Gasteiger partial charge in [0, 0.05) is 10.6 Å². The van der Waals surface area contributed by atoms with Crippen LogP contribution in [0.1, 0.15) is 15.9 Å². The van der Waals surface area contributed by atoms with Gasteiger partial charge >= 0.3 is 5.97 Å². The smallest absolute Gasteiger partial charge is 0.340 e. The lowest BCUT2D eigenvalue weighted by molar-refractivity contribution is 0.0603.